The molecule has 0 heterocycles. The molecule has 1 atom stereocenters. The summed E-state index contributed by atoms with van der Waals surface area (Å²) in [6, 6.07) is 0. The summed E-state index contributed by atoms with van der Waals surface area (Å²) in [5, 5.41) is 17.2. The third-order valence-electron chi connectivity index (χ3n) is 1.07. The second kappa shape index (κ2) is 5.68. The standard InChI is InChI=1S/C8H12O3/c1-2-3-4-7(9)5-6-8(10)11/h2-3,5-7,9H,4H2,1H3,(H,10,11). The molecule has 0 amide bonds. The Bertz CT molecular complexity index is 170. The van der Waals surface area contributed by atoms with Gasteiger partial charge in [-0.05, 0) is 19.4 Å². The third kappa shape index (κ3) is 6.80. The molecule has 3 nitrogen and oxygen atoms in total. The molecule has 0 aliphatic carbocycles. The molecular formula is C8H12O3. The van der Waals surface area contributed by atoms with Gasteiger partial charge in [0.1, 0.15) is 0 Å². The minimum atomic E-state index is -1.04. The van der Waals surface area contributed by atoms with Crippen molar-refractivity contribution in [3.8, 4) is 0 Å². The van der Waals surface area contributed by atoms with Crippen molar-refractivity contribution < 1.29 is 15.0 Å². The van der Waals surface area contributed by atoms with E-state index in [2.05, 4.69) is 0 Å². The van der Waals surface area contributed by atoms with E-state index in [1.54, 1.807) is 12.2 Å². The van der Waals surface area contributed by atoms with Gasteiger partial charge in [0, 0.05) is 6.08 Å². The summed E-state index contributed by atoms with van der Waals surface area (Å²) in [5.74, 6) is -1.04. The molecule has 0 aromatic heterocycles. The van der Waals surface area contributed by atoms with Crippen molar-refractivity contribution in [3.63, 3.8) is 0 Å². The van der Waals surface area contributed by atoms with E-state index < -0.39 is 12.1 Å². The largest absolute Gasteiger partial charge is 0.478 e. The molecule has 1 unspecified atom stereocenters. The Hall–Kier alpha value is -1.09. The molecule has 0 radical (unpaired) electrons. The van der Waals surface area contributed by atoms with Gasteiger partial charge in [0.2, 0.25) is 0 Å². The lowest BCUT2D eigenvalue weighted by molar-refractivity contribution is -0.131. The van der Waals surface area contributed by atoms with Crippen molar-refractivity contribution in [1.82, 2.24) is 0 Å². The fourth-order valence-electron chi connectivity index (χ4n) is 0.547. The lowest BCUT2D eigenvalue weighted by Gasteiger charge is -1.97. The summed E-state index contributed by atoms with van der Waals surface area (Å²) in [6.07, 6.45) is 5.54. The van der Waals surface area contributed by atoms with Gasteiger partial charge in [-0.1, -0.05) is 12.2 Å². The summed E-state index contributed by atoms with van der Waals surface area (Å²) in [5.41, 5.74) is 0. The molecule has 11 heavy (non-hydrogen) atoms. The smallest absolute Gasteiger partial charge is 0.328 e. The summed E-state index contributed by atoms with van der Waals surface area (Å²) in [7, 11) is 0. The van der Waals surface area contributed by atoms with Crippen LogP contribution in [0.15, 0.2) is 24.3 Å². The molecule has 0 saturated heterocycles. The number of carbonyl (C=O) groups is 1. The zero-order valence-electron chi connectivity index (χ0n) is 6.40. The summed E-state index contributed by atoms with van der Waals surface area (Å²) in [4.78, 5) is 9.96. The second-order valence-electron chi connectivity index (χ2n) is 2.07. The van der Waals surface area contributed by atoms with Crippen LogP contribution in [0.1, 0.15) is 13.3 Å². The van der Waals surface area contributed by atoms with Crippen molar-refractivity contribution >= 4 is 5.97 Å². The lowest BCUT2D eigenvalue weighted by Crippen LogP contribution is -2.00. The van der Waals surface area contributed by atoms with Crippen molar-refractivity contribution in [3.05, 3.63) is 24.3 Å². The Morgan fingerprint density at radius 2 is 2.27 bits per heavy atom. The summed E-state index contributed by atoms with van der Waals surface area (Å²) >= 11 is 0. The van der Waals surface area contributed by atoms with Crippen molar-refractivity contribution in [2.45, 2.75) is 19.4 Å². The third-order valence-corrected chi connectivity index (χ3v) is 1.07. The van der Waals surface area contributed by atoms with E-state index in [0.717, 1.165) is 6.08 Å². The number of carboxylic acid groups (broad SMARTS) is 1. The first-order valence-corrected chi connectivity index (χ1v) is 3.37. The van der Waals surface area contributed by atoms with Crippen molar-refractivity contribution in [1.29, 1.82) is 0 Å². The van der Waals surface area contributed by atoms with Gasteiger partial charge in [0.05, 0.1) is 6.10 Å². The first-order valence-electron chi connectivity index (χ1n) is 3.37. The quantitative estimate of drug-likeness (QED) is 0.470. The number of aliphatic carboxylic acids is 1. The Labute approximate surface area is 65.7 Å². The molecule has 0 aromatic carbocycles. The molecule has 3 heteroatoms. The van der Waals surface area contributed by atoms with Gasteiger partial charge in [0.15, 0.2) is 0 Å². The molecule has 0 rings (SSSR count). The monoisotopic (exact) mass is 156 g/mol. The highest BCUT2D eigenvalue weighted by Crippen LogP contribution is 1.94. The van der Waals surface area contributed by atoms with Crippen LogP contribution in [-0.2, 0) is 4.79 Å². The first kappa shape index (κ1) is 9.91. The van der Waals surface area contributed by atoms with Gasteiger partial charge >= 0.3 is 5.97 Å². The van der Waals surface area contributed by atoms with Crippen LogP contribution in [0.25, 0.3) is 0 Å². The van der Waals surface area contributed by atoms with Crippen LogP contribution in [-0.4, -0.2) is 22.3 Å². The molecule has 0 bridgehead atoms. The summed E-state index contributed by atoms with van der Waals surface area (Å²) in [6.45, 7) is 1.84. The molecule has 2 N–H and O–H groups in total. The van der Waals surface area contributed by atoms with Crippen LogP contribution >= 0.6 is 0 Å². The first-order chi connectivity index (χ1) is 5.16. The van der Waals surface area contributed by atoms with E-state index in [4.69, 9.17) is 10.2 Å². The molecular weight excluding hydrogens is 144 g/mol. The topological polar surface area (TPSA) is 57.5 Å². The number of aliphatic hydroxyl groups excluding tert-OH is 1. The molecule has 0 fully saturated rings. The van der Waals surface area contributed by atoms with E-state index in [9.17, 15) is 4.79 Å². The molecule has 0 spiro atoms. The zero-order chi connectivity index (χ0) is 8.69. The van der Waals surface area contributed by atoms with Crippen molar-refractivity contribution in [2.24, 2.45) is 0 Å². The normalized spacial score (nSPS) is 14.4. The van der Waals surface area contributed by atoms with Crippen LogP contribution in [0, 0.1) is 0 Å². The van der Waals surface area contributed by atoms with Gasteiger partial charge in [-0.15, -0.1) is 0 Å². The van der Waals surface area contributed by atoms with Gasteiger partial charge in [-0.25, -0.2) is 4.79 Å². The molecule has 0 aliphatic rings. The SMILES string of the molecule is CC=CCC(O)C=CC(=O)O. The van der Waals surface area contributed by atoms with Crippen LogP contribution in [0.2, 0.25) is 0 Å². The maximum Gasteiger partial charge on any atom is 0.328 e. The fraction of sp³-hybridized carbons (Fsp3) is 0.375. The highest BCUT2D eigenvalue weighted by molar-refractivity contribution is 5.79. The van der Waals surface area contributed by atoms with Gasteiger partial charge in [0.25, 0.3) is 0 Å². The molecule has 62 valence electrons. The van der Waals surface area contributed by atoms with Crippen LogP contribution in [0.3, 0.4) is 0 Å². The summed E-state index contributed by atoms with van der Waals surface area (Å²) < 4.78 is 0. The number of hydrogen-bond donors (Lipinski definition) is 2. The van der Waals surface area contributed by atoms with E-state index in [1.165, 1.54) is 6.08 Å². The average Bonchev–Trinajstić information content (AvgIpc) is 1.97. The average molecular weight is 156 g/mol. The second-order valence-corrected chi connectivity index (χ2v) is 2.07. The Kier molecular flexibility index (Phi) is 5.11. The highest BCUT2D eigenvalue weighted by Gasteiger charge is 1.95. The highest BCUT2D eigenvalue weighted by atomic mass is 16.4. The minimum Gasteiger partial charge on any atom is -0.478 e. The Morgan fingerprint density at radius 3 is 2.73 bits per heavy atom. The van der Waals surface area contributed by atoms with E-state index in [-0.39, 0.29) is 0 Å². The van der Waals surface area contributed by atoms with Crippen LogP contribution in [0.4, 0.5) is 0 Å². The Morgan fingerprint density at radius 1 is 1.64 bits per heavy atom. The lowest BCUT2D eigenvalue weighted by atomic mass is 10.2. The zero-order valence-corrected chi connectivity index (χ0v) is 6.40. The number of carboxylic acids is 1. The minimum absolute atomic E-state index is 0.459. The van der Waals surface area contributed by atoms with Gasteiger partial charge in [-0.2, -0.15) is 0 Å². The maximum atomic E-state index is 9.96. The Balaban J connectivity index is 3.67. The van der Waals surface area contributed by atoms with Gasteiger partial charge < -0.3 is 10.2 Å². The molecule has 0 aromatic rings. The van der Waals surface area contributed by atoms with Crippen LogP contribution < -0.4 is 0 Å². The maximum absolute atomic E-state index is 9.96. The van der Waals surface area contributed by atoms with E-state index in [0.29, 0.717) is 6.42 Å². The number of rotatable bonds is 4. The van der Waals surface area contributed by atoms with Crippen LogP contribution in [0.5, 0.6) is 0 Å². The molecule has 0 saturated carbocycles. The fourth-order valence-corrected chi connectivity index (χ4v) is 0.547. The number of allylic oxidation sites excluding steroid dienone is 1. The predicted octanol–water partition coefficient (Wildman–Crippen LogP) is 0.954. The van der Waals surface area contributed by atoms with E-state index >= 15 is 0 Å². The number of aliphatic hydroxyl groups is 1. The predicted molar refractivity (Wildman–Crippen MR) is 42.2 cm³/mol. The van der Waals surface area contributed by atoms with E-state index in [1.807, 2.05) is 6.92 Å². The number of hydrogen-bond acceptors (Lipinski definition) is 2. The molecule has 0 aliphatic heterocycles. The van der Waals surface area contributed by atoms with Crippen molar-refractivity contribution in [2.75, 3.05) is 0 Å². The van der Waals surface area contributed by atoms with Gasteiger partial charge in [-0.3, -0.25) is 0 Å².